The van der Waals surface area contributed by atoms with Gasteiger partial charge in [-0.2, -0.15) is 0 Å². The number of rotatable bonds is 11. The Bertz CT molecular complexity index is 433. The van der Waals surface area contributed by atoms with Crippen LogP contribution in [0.2, 0.25) is 0 Å². The Hall–Kier alpha value is -0.380. The second-order valence-electron chi connectivity index (χ2n) is 8.76. The summed E-state index contributed by atoms with van der Waals surface area (Å²) < 4.78 is 6.49. The molecule has 0 aliphatic carbocycles. The van der Waals surface area contributed by atoms with Crippen molar-refractivity contribution in [3.05, 3.63) is 11.6 Å². The summed E-state index contributed by atoms with van der Waals surface area (Å²) in [5.74, 6) is 0.675. The van der Waals surface area contributed by atoms with Gasteiger partial charge in [-0.3, -0.25) is 0 Å². The number of allylic oxidation sites excluding steroid dienone is 2. The Labute approximate surface area is 162 Å². The van der Waals surface area contributed by atoms with E-state index in [1.165, 1.54) is 12.0 Å². The predicted octanol–water partition coefficient (Wildman–Crippen LogP) is 5.49. The zero-order valence-electron chi connectivity index (χ0n) is 18.3. The van der Waals surface area contributed by atoms with E-state index in [1.54, 1.807) is 0 Å². The van der Waals surface area contributed by atoms with Crippen LogP contribution in [0.15, 0.2) is 11.6 Å². The molecular formula is C23H44O3. The Morgan fingerprint density at radius 3 is 2.35 bits per heavy atom. The van der Waals surface area contributed by atoms with Gasteiger partial charge in [-0.1, -0.05) is 59.6 Å². The highest BCUT2D eigenvalue weighted by Gasteiger charge is 2.50. The van der Waals surface area contributed by atoms with Crippen molar-refractivity contribution in [1.82, 2.24) is 0 Å². The first-order chi connectivity index (χ1) is 12.2. The van der Waals surface area contributed by atoms with E-state index in [2.05, 4.69) is 47.6 Å². The Balaban J connectivity index is 2.83. The first-order valence-electron chi connectivity index (χ1n) is 11.0. The van der Waals surface area contributed by atoms with Gasteiger partial charge in [-0.25, -0.2) is 0 Å². The van der Waals surface area contributed by atoms with Gasteiger partial charge >= 0.3 is 0 Å². The maximum Gasteiger partial charge on any atom is 0.0922 e. The van der Waals surface area contributed by atoms with Gasteiger partial charge in [0, 0.05) is 5.92 Å². The lowest BCUT2D eigenvalue weighted by atomic mass is 9.79. The molecule has 1 aliphatic rings. The van der Waals surface area contributed by atoms with Gasteiger partial charge in [0.2, 0.25) is 0 Å². The zero-order chi connectivity index (χ0) is 19.9. The van der Waals surface area contributed by atoms with Crippen LogP contribution in [0.3, 0.4) is 0 Å². The van der Waals surface area contributed by atoms with Gasteiger partial charge in [0.05, 0.1) is 23.9 Å². The predicted molar refractivity (Wildman–Crippen MR) is 110 cm³/mol. The van der Waals surface area contributed by atoms with Crippen LogP contribution in [0.1, 0.15) is 93.4 Å². The van der Waals surface area contributed by atoms with Crippen LogP contribution >= 0.6 is 0 Å². The van der Waals surface area contributed by atoms with Crippen molar-refractivity contribution < 1.29 is 14.9 Å². The molecule has 0 saturated carbocycles. The summed E-state index contributed by atoms with van der Waals surface area (Å²) in [5.41, 5.74) is 0.922. The molecule has 0 radical (unpaired) electrons. The fraction of sp³-hybridized carbons (Fsp3) is 0.913. The minimum atomic E-state index is -0.520. The lowest BCUT2D eigenvalue weighted by Gasteiger charge is -2.36. The lowest BCUT2D eigenvalue weighted by Crippen LogP contribution is -2.45. The van der Waals surface area contributed by atoms with Crippen LogP contribution in [-0.4, -0.2) is 34.1 Å². The second kappa shape index (κ2) is 10.8. The molecule has 0 unspecified atom stereocenters. The summed E-state index contributed by atoms with van der Waals surface area (Å²) in [5, 5.41) is 21.5. The zero-order valence-corrected chi connectivity index (χ0v) is 18.3. The van der Waals surface area contributed by atoms with Gasteiger partial charge < -0.3 is 14.9 Å². The van der Waals surface area contributed by atoms with Crippen LogP contribution in [0.5, 0.6) is 0 Å². The molecule has 7 atom stereocenters. The second-order valence-corrected chi connectivity index (χ2v) is 8.76. The summed E-state index contributed by atoms with van der Waals surface area (Å²) >= 11 is 0. The molecule has 3 nitrogen and oxygen atoms in total. The highest BCUT2D eigenvalue weighted by molar-refractivity contribution is 5.05. The van der Waals surface area contributed by atoms with E-state index in [0.29, 0.717) is 5.92 Å². The van der Waals surface area contributed by atoms with E-state index in [0.717, 1.165) is 38.5 Å². The van der Waals surface area contributed by atoms with Crippen LogP contribution in [-0.2, 0) is 4.74 Å². The van der Waals surface area contributed by atoms with Crippen molar-refractivity contribution in [1.29, 1.82) is 0 Å². The smallest absolute Gasteiger partial charge is 0.0922 e. The van der Waals surface area contributed by atoms with Crippen LogP contribution in [0.25, 0.3) is 0 Å². The molecule has 3 heteroatoms. The van der Waals surface area contributed by atoms with E-state index in [4.69, 9.17) is 4.74 Å². The van der Waals surface area contributed by atoms with Crippen molar-refractivity contribution in [3.8, 4) is 0 Å². The number of hydrogen-bond acceptors (Lipinski definition) is 3. The van der Waals surface area contributed by atoms with E-state index < -0.39 is 11.7 Å². The minimum Gasteiger partial charge on any atom is -0.393 e. The Morgan fingerprint density at radius 2 is 1.85 bits per heavy atom. The molecule has 0 spiro atoms. The average molecular weight is 369 g/mol. The molecule has 0 amide bonds. The average Bonchev–Trinajstić information content (AvgIpc) is 2.93. The van der Waals surface area contributed by atoms with Gasteiger partial charge in [0.1, 0.15) is 0 Å². The molecular weight excluding hydrogens is 324 g/mol. The standard InChI is InChI=1S/C23H44O3/c1-8-12-13-18(9-2)14-16(5)22(25)23(7)15-17(6)21(26-23)19(10-3)20(24)11-4/h13,16-17,19-22,24-25H,8-12,14-15H2,1-7H3/b18-13+/t16-,17+,19+,20-,21+,22-,23+/m1/s1. The van der Waals surface area contributed by atoms with Crippen LogP contribution in [0.4, 0.5) is 0 Å². The quantitative estimate of drug-likeness (QED) is 0.474. The largest absolute Gasteiger partial charge is 0.393 e. The van der Waals surface area contributed by atoms with E-state index in [-0.39, 0.29) is 24.0 Å². The van der Waals surface area contributed by atoms with E-state index in [9.17, 15) is 10.2 Å². The van der Waals surface area contributed by atoms with Gasteiger partial charge in [0.25, 0.3) is 0 Å². The van der Waals surface area contributed by atoms with Crippen molar-refractivity contribution >= 4 is 0 Å². The molecule has 0 aromatic rings. The normalized spacial score (nSPS) is 31.7. The molecule has 0 aromatic heterocycles. The molecule has 2 N–H and O–H groups in total. The van der Waals surface area contributed by atoms with Crippen molar-refractivity contribution in [2.24, 2.45) is 17.8 Å². The molecule has 26 heavy (non-hydrogen) atoms. The molecule has 1 fully saturated rings. The van der Waals surface area contributed by atoms with E-state index >= 15 is 0 Å². The Kier molecular flexibility index (Phi) is 9.85. The molecule has 1 saturated heterocycles. The monoisotopic (exact) mass is 368 g/mol. The third kappa shape index (κ3) is 5.81. The highest BCUT2D eigenvalue weighted by Crippen LogP contribution is 2.44. The van der Waals surface area contributed by atoms with E-state index in [1.807, 2.05) is 6.92 Å². The lowest BCUT2D eigenvalue weighted by molar-refractivity contribution is -0.145. The minimum absolute atomic E-state index is 0.0306. The van der Waals surface area contributed by atoms with Crippen LogP contribution < -0.4 is 0 Å². The number of aliphatic hydroxyl groups is 2. The first-order valence-corrected chi connectivity index (χ1v) is 11.0. The SMILES string of the molecule is CCC/C=C(\CC)C[C@@H](C)[C@@H](O)[C@]1(C)C[C@H](C)[C@@H]([C@@H](CC)[C@H](O)CC)O1. The maximum absolute atomic E-state index is 11.1. The summed E-state index contributed by atoms with van der Waals surface area (Å²) in [7, 11) is 0. The molecule has 0 aromatic carbocycles. The third-order valence-electron chi connectivity index (χ3n) is 6.42. The Morgan fingerprint density at radius 1 is 1.19 bits per heavy atom. The number of aliphatic hydroxyl groups excluding tert-OH is 2. The van der Waals surface area contributed by atoms with Crippen molar-refractivity contribution in [2.45, 2.75) is 117 Å². The van der Waals surface area contributed by atoms with Crippen LogP contribution in [0, 0.1) is 17.8 Å². The topological polar surface area (TPSA) is 49.7 Å². The van der Waals surface area contributed by atoms with Gasteiger partial charge in [-0.15, -0.1) is 0 Å². The summed E-state index contributed by atoms with van der Waals surface area (Å²) in [6.07, 6.45) is 8.35. The molecule has 1 rings (SSSR count). The highest BCUT2D eigenvalue weighted by atomic mass is 16.5. The molecule has 154 valence electrons. The summed E-state index contributed by atoms with van der Waals surface area (Å²) in [6.45, 7) is 15.0. The fourth-order valence-electron chi connectivity index (χ4n) is 4.80. The maximum atomic E-state index is 11.1. The van der Waals surface area contributed by atoms with Crippen molar-refractivity contribution in [3.63, 3.8) is 0 Å². The summed E-state index contributed by atoms with van der Waals surface area (Å²) in [6, 6.07) is 0. The first kappa shape index (κ1) is 23.7. The fourth-order valence-corrected chi connectivity index (χ4v) is 4.80. The molecule has 1 heterocycles. The summed E-state index contributed by atoms with van der Waals surface area (Å²) in [4.78, 5) is 0. The molecule has 1 aliphatic heterocycles. The molecule has 0 bridgehead atoms. The number of ether oxygens (including phenoxy) is 1. The van der Waals surface area contributed by atoms with Gasteiger partial charge in [-0.05, 0) is 57.3 Å². The number of hydrogen-bond donors (Lipinski definition) is 2. The third-order valence-corrected chi connectivity index (χ3v) is 6.42. The number of unbranched alkanes of at least 4 members (excludes halogenated alkanes) is 1. The van der Waals surface area contributed by atoms with Crippen molar-refractivity contribution in [2.75, 3.05) is 0 Å². The van der Waals surface area contributed by atoms with Gasteiger partial charge in [0.15, 0.2) is 0 Å².